The summed E-state index contributed by atoms with van der Waals surface area (Å²) in [6.07, 6.45) is 0.752. The van der Waals surface area contributed by atoms with Crippen LogP contribution in [0.1, 0.15) is 23.7 Å². The minimum atomic E-state index is -0.550. The Balaban J connectivity index is 1.60. The zero-order valence-corrected chi connectivity index (χ0v) is 12.5. The molecule has 0 bridgehead atoms. The van der Waals surface area contributed by atoms with Crippen LogP contribution < -0.4 is 10.6 Å². The molecular weight excluding hydrogens is 276 g/mol. The van der Waals surface area contributed by atoms with Gasteiger partial charge in [-0.25, -0.2) is 4.79 Å². The standard InChI is InChI=1S/C18H22N2O2/c21-17(16-9-5-2-6-10-16)12-14-20-18(22)19-13-11-15-7-3-1-4-8-15/h1-10,17,21H,11-14H2,(H2,19,20,22)/t17-/m0/s1. The third-order valence-corrected chi connectivity index (χ3v) is 3.43. The smallest absolute Gasteiger partial charge is 0.314 e. The summed E-state index contributed by atoms with van der Waals surface area (Å²) in [7, 11) is 0. The van der Waals surface area contributed by atoms with Crippen molar-refractivity contribution in [1.29, 1.82) is 0 Å². The van der Waals surface area contributed by atoms with Gasteiger partial charge in [0.1, 0.15) is 0 Å². The molecule has 0 aliphatic heterocycles. The van der Waals surface area contributed by atoms with Crippen molar-refractivity contribution < 1.29 is 9.90 Å². The van der Waals surface area contributed by atoms with Gasteiger partial charge in [-0.15, -0.1) is 0 Å². The summed E-state index contributed by atoms with van der Waals surface area (Å²) in [6.45, 7) is 1.03. The molecule has 0 saturated carbocycles. The number of urea groups is 1. The molecule has 3 N–H and O–H groups in total. The Labute approximate surface area is 131 Å². The van der Waals surface area contributed by atoms with Crippen LogP contribution in [0.15, 0.2) is 60.7 Å². The molecule has 0 heterocycles. The molecule has 0 saturated heterocycles. The topological polar surface area (TPSA) is 61.4 Å². The first kappa shape index (κ1) is 16.0. The molecule has 2 rings (SSSR count). The van der Waals surface area contributed by atoms with Crippen molar-refractivity contribution >= 4 is 6.03 Å². The van der Waals surface area contributed by atoms with Crippen LogP contribution in [0.2, 0.25) is 0 Å². The van der Waals surface area contributed by atoms with E-state index in [0.717, 1.165) is 12.0 Å². The van der Waals surface area contributed by atoms with Crippen LogP contribution in [0.25, 0.3) is 0 Å². The number of amides is 2. The second-order valence-corrected chi connectivity index (χ2v) is 5.13. The molecule has 4 nitrogen and oxygen atoms in total. The highest BCUT2D eigenvalue weighted by molar-refractivity contribution is 5.73. The van der Waals surface area contributed by atoms with E-state index in [4.69, 9.17) is 0 Å². The second-order valence-electron chi connectivity index (χ2n) is 5.13. The van der Waals surface area contributed by atoms with Crippen molar-refractivity contribution in [3.8, 4) is 0 Å². The van der Waals surface area contributed by atoms with Gasteiger partial charge in [-0.3, -0.25) is 0 Å². The lowest BCUT2D eigenvalue weighted by atomic mass is 10.1. The van der Waals surface area contributed by atoms with Crippen molar-refractivity contribution in [2.24, 2.45) is 0 Å². The SMILES string of the molecule is O=C(NCCc1ccccc1)NCC[C@H](O)c1ccccc1. The van der Waals surface area contributed by atoms with Crippen LogP contribution in [0, 0.1) is 0 Å². The van der Waals surface area contributed by atoms with Crippen LogP contribution in [0.5, 0.6) is 0 Å². The molecule has 0 fully saturated rings. The first-order valence-corrected chi connectivity index (χ1v) is 7.54. The van der Waals surface area contributed by atoms with E-state index in [9.17, 15) is 9.90 Å². The number of rotatable bonds is 7. The van der Waals surface area contributed by atoms with Gasteiger partial charge >= 0.3 is 6.03 Å². The predicted molar refractivity (Wildman–Crippen MR) is 87.6 cm³/mol. The van der Waals surface area contributed by atoms with Gasteiger partial charge in [0.05, 0.1) is 6.10 Å². The minimum Gasteiger partial charge on any atom is -0.388 e. The summed E-state index contributed by atoms with van der Waals surface area (Å²) in [6, 6.07) is 19.3. The second kappa shape index (κ2) is 8.85. The quantitative estimate of drug-likeness (QED) is 0.736. The molecular formula is C18H22N2O2. The zero-order chi connectivity index (χ0) is 15.6. The molecule has 2 aromatic rings. The fourth-order valence-electron chi connectivity index (χ4n) is 2.19. The van der Waals surface area contributed by atoms with Crippen LogP contribution in [0.3, 0.4) is 0 Å². The average molecular weight is 298 g/mol. The summed E-state index contributed by atoms with van der Waals surface area (Å²) in [5, 5.41) is 15.6. The van der Waals surface area contributed by atoms with E-state index in [1.54, 1.807) is 0 Å². The van der Waals surface area contributed by atoms with Crippen molar-refractivity contribution in [2.75, 3.05) is 13.1 Å². The third-order valence-electron chi connectivity index (χ3n) is 3.43. The van der Waals surface area contributed by atoms with E-state index >= 15 is 0 Å². The van der Waals surface area contributed by atoms with E-state index in [2.05, 4.69) is 10.6 Å². The molecule has 116 valence electrons. The average Bonchev–Trinajstić information content (AvgIpc) is 2.56. The molecule has 0 aliphatic carbocycles. The molecule has 0 aliphatic rings. The van der Waals surface area contributed by atoms with E-state index < -0.39 is 6.10 Å². The molecule has 4 heteroatoms. The minimum absolute atomic E-state index is 0.198. The van der Waals surface area contributed by atoms with E-state index in [-0.39, 0.29) is 6.03 Å². The van der Waals surface area contributed by atoms with Crippen molar-refractivity contribution in [2.45, 2.75) is 18.9 Å². The Hall–Kier alpha value is -2.33. The number of carbonyl (C=O) groups is 1. The van der Waals surface area contributed by atoms with Crippen molar-refractivity contribution in [3.63, 3.8) is 0 Å². The first-order valence-electron chi connectivity index (χ1n) is 7.54. The summed E-state index contributed by atoms with van der Waals surface area (Å²) in [4.78, 5) is 11.6. The molecule has 0 spiro atoms. The summed E-state index contributed by atoms with van der Waals surface area (Å²) >= 11 is 0. The number of aliphatic hydroxyl groups is 1. The Morgan fingerprint density at radius 1 is 0.909 bits per heavy atom. The number of hydrogen-bond acceptors (Lipinski definition) is 2. The van der Waals surface area contributed by atoms with Gasteiger partial charge in [0.25, 0.3) is 0 Å². The predicted octanol–water partition coefficient (Wildman–Crippen LogP) is 2.65. The van der Waals surface area contributed by atoms with E-state index in [1.165, 1.54) is 5.56 Å². The maximum Gasteiger partial charge on any atom is 0.314 e. The van der Waals surface area contributed by atoms with Crippen LogP contribution in [-0.4, -0.2) is 24.2 Å². The fraction of sp³-hybridized carbons (Fsp3) is 0.278. The van der Waals surface area contributed by atoms with Gasteiger partial charge in [-0.1, -0.05) is 60.7 Å². The maximum absolute atomic E-state index is 11.6. The van der Waals surface area contributed by atoms with Crippen LogP contribution in [0.4, 0.5) is 4.79 Å². The molecule has 0 radical (unpaired) electrons. The van der Waals surface area contributed by atoms with Gasteiger partial charge in [0.15, 0.2) is 0 Å². The molecule has 0 unspecified atom stereocenters. The molecule has 2 amide bonds. The lowest BCUT2D eigenvalue weighted by Gasteiger charge is -2.12. The summed E-state index contributed by atoms with van der Waals surface area (Å²) < 4.78 is 0. The van der Waals surface area contributed by atoms with Crippen LogP contribution >= 0.6 is 0 Å². The number of hydrogen-bond donors (Lipinski definition) is 3. The highest BCUT2D eigenvalue weighted by Gasteiger charge is 2.07. The molecule has 0 aromatic heterocycles. The zero-order valence-electron chi connectivity index (χ0n) is 12.5. The largest absolute Gasteiger partial charge is 0.388 e. The number of nitrogens with one attached hydrogen (secondary N) is 2. The Bertz CT molecular complexity index is 558. The highest BCUT2D eigenvalue weighted by Crippen LogP contribution is 2.14. The van der Waals surface area contributed by atoms with Gasteiger partial charge < -0.3 is 15.7 Å². The van der Waals surface area contributed by atoms with Crippen molar-refractivity contribution in [1.82, 2.24) is 10.6 Å². The Kier molecular flexibility index (Phi) is 6.45. The van der Waals surface area contributed by atoms with Gasteiger partial charge in [-0.05, 0) is 24.0 Å². The maximum atomic E-state index is 11.6. The van der Waals surface area contributed by atoms with Gasteiger partial charge in [0, 0.05) is 13.1 Å². The number of aliphatic hydroxyl groups excluding tert-OH is 1. The van der Waals surface area contributed by atoms with E-state index in [1.807, 2.05) is 60.7 Å². The fourth-order valence-corrected chi connectivity index (χ4v) is 2.19. The first-order chi connectivity index (χ1) is 10.8. The highest BCUT2D eigenvalue weighted by atomic mass is 16.3. The van der Waals surface area contributed by atoms with Crippen LogP contribution in [-0.2, 0) is 6.42 Å². The normalized spacial score (nSPS) is 11.7. The summed E-state index contributed by atoms with van der Waals surface area (Å²) in [5.74, 6) is 0. The molecule has 2 aromatic carbocycles. The lowest BCUT2D eigenvalue weighted by Crippen LogP contribution is -2.37. The summed E-state index contributed by atoms with van der Waals surface area (Å²) in [5.41, 5.74) is 2.07. The lowest BCUT2D eigenvalue weighted by molar-refractivity contribution is 0.167. The number of carbonyl (C=O) groups excluding carboxylic acids is 1. The molecule has 22 heavy (non-hydrogen) atoms. The Morgan fingerprint density at radius 2 is 1.50 bits per heavy atom. The third kappa shape index (κ3) is 5.58. The van der Waals surface area contributed by atoms with Gasteiger partial charge in [0.2, 0.25) is 0 Å². The number of benzene rings is 2. The van der Waals surface area contributed by atoms with Gasteiger partial charge in [-0.2, -0.15) is 0 Å². The monoisotopic (exact) mass is 298 g/mol. The molecule has 1 atom stereocenters. The van der Waals surface area contributed by atoms with Crippen molar-refractivity contribution in [3.05, 3.63) is 71.8 Å². The van der Waals surface area contributed by atoms with E-state index in [0.29, 0.717) is 19.5 Å². The Morgan fingerprint density at radius 3 is 2.18 bits per heavy atom.